The summed E-state index contributed by atoms with van der Waals surface area (Å²) in [7, 11) is 0. The molecule has 1 saturated heterocycles. The lowest BCUT2D eigenvalue weighted by molar-refractivity contribution is -0.159. The molecule has 2 rings (SSSR count). The van der Waals surface area contributed by atoms with E-state index in [2.05, 4.69) is 19.2 Å². The monoisotopic (exact) mass is 280 g/mol. The van der Waals surface area contributed by atoms with Gasteiger partial charge >= 0.3 is 0 Å². The van der Waals surface area contributed by atoms with Crippen molar-refractivity contribution in [3.63, 3.8) is 0 Å². The van der Waals surface area contributed by atoms with Gasteiger partial charge in [-0.3, -0.25) is 9.59 Å². The molecule has 0 radical (unpaired) electrons. The van der Waals surface area contributed by atoms with Gasteiger partial charge in [0, 0.05) is 6.04 Å². The van der Waals surface area contributed by atoms with Crippen molar-refractivity contribution in [1.82, 2.24) is 10.2 Å². The number of hydrogen-bond donors (Lipinski definition) is 1. The van der Waals surface area contributed by atoms with Crippen molar-refractivity contribution in [2.45, 2.75) is 89.8 Å². The Morgan fingerprint density at radius 3 is 2.45 bits per heavy atom. The predicted molar refractivity (Wildman–Crippen MR) is 79.3 cm³/mol. The van der Waals surface area contributed by atoms with Gasteiger partial charge in [0.15, 0.2) is 0 Å². The molecule has 114 valence electrons. The van der Waals surface area contributed by atoms with Gasteiger partial charge in [-0.15, -0.1) is 0 Å². The summed E-state index contributed by atoms with van der Waals surface area (Å²) in [4.78, 5) is 27.3. The first kappa shape index (κ1) is 15.3. The summed E-state index contributed by atoms with van der Waals surface area (Å²) in [5.74, 6) is 0.200. The molecule has 2 unspecified atom stereocenters. The fraction of sp³-hybridized carbons (Fsp3) is 0.875. The van der Waals surface area contributed by atoms with Crippen molar-refractivity contribution in [1.29, 1.82) is 0 Å². The summed E-state index contributed by atoms with van der Waals surface area (Å²) >= 11 is 0. The van der Waals surface area contributed by atoms with Gasteiger partial charge in [0.2, 0.25) is 11.8 Å². The Labute approximate surface area is 122 Å². The zero-order valence-corrected chi connectivity index (χ0v) is 13.1. The number of hydrogen-bond acceptors (Lipinski definition) is 2. The Hall–Kier alpha value is -1.06. The first-order chi connectivity index (χ1) is 9.55. The van der Waals surface area contributed by atoms with Crippen LogP contribution >= 0.6 is 0 Å². The highest BCUT2D eigenvalue weighted by molar-refractivity contribution is 5.99. The summed E-state index contributed by atoms with van der Waals surface area (Å²) in [6.07, 6.45) is 7.82. The highest BCUT2D eigenvalue weighted by Crippen LogP contribution is 2.35. The molecule has 2 fully saturated rings. The van der Waals surface area contributed by atoms with Crippen LogP contribution in [0.4, 0.5) is 0 Å². The van der Waals surface area contributed by atoms with E-state index in [-0.39, 0.29) is 23.9 Å². The molecule has 1 N–H and O–H groups in total. The molecule has 0 aromatic heterocycles. The van der Waals surface area contributed by atoms with Crippen LogP contribution in [0.3, 0.4) is 0 Å². The van der Waals surface area contributed by atoms with E-state index < -0.39 is 5.54 Å². The second-order valence-corrected chi connectivity index (χ2v) is 6.37. The largest absolute Gasteiger partial charge is 0.340 e. The molecule has 2 aliphatic rings. The van der Waals surface area contributed by atoms with Gasteiger partial charge in [0.25, 0.3) is 0 Å². The molecule has 1 saturated carbocycles. The molecular formula is C16H28N2O2. The molecule has 4 nitrogen and oxygen atoms in total. The Morgan fingerprint density at radius 2 is 1.90 bits per heavy atom. The van der Waals surface area contributed by atoms with E-state index in [4.69, 9.17) is 0 Å². The van der Waals surface area contributed by atoms with Gasteiger partial charge in [-0.1, -0.05) is 39.5 Å². The molecule has 4 heteroatoms. The fourth-order valence-corrected chi connectivity index (χ4v) is 3.79. The maximum absolute atomic E-state index is 13.0. The van der Waals surface area contributed by atoms with Crippen molar-refractivity contribution in [2.75, 3.05) is 0 Å². The molecular weight excluding hydrogens is 252 g/mol. The maximum atomic E-state index is 13.0. The van der Waals surface area contributed by atoms with Crippen LogP contribution < -0.4 is 5.32 Å². The number of amides is 2. The highest BCUT2D eigenvalue weighted by Gasteiger charge is 2.51. The van der Waals surface area contributed by atoms with E-state index in [1.807, 2.05) is 11.8 Å². The van der Waals surface area contributed by atoms with Crippen LogP contribution in [0.5, 0.6) is 0 Å². The van der Waals surface area contributed by atoms with Crippen LogP contribution in [0, 0.1) is 0 Å². The van der Waals surface area contributed by atoms with E-state index in [1.165, 1.54) is 6.42 Å². The third-order valence-corrected chi connectivity index (χ3v) is 5.00. The average Bonchev–Trinajstić information content (AvgIpc) is 2.45. The average molecular weight is 280 g/mol. The molecule has 1 heterocycles. The molecule has 0 aromatic carbocycles. The predicted octanol–water partition coefficient (Wildman–Crippen LogP) is 2.61. The van der Waals surface area contributed by atoms with Crippen molar-refractivity contribution in [3.8, 4) is 0 Å². The topological polar surface area (TPSA) is 49.4 Å². The first-order valence-electron chi connectivity index (χ1n) is 8.20. The Kier molecular flexibility index (Phi) is 4.71. The van der Waals surface area contributed by atoms with E-state index >= 15 is 0 Å². The zero-order chi connectivity index (χ0) is 14.8. The van der Waals surface area contributed by atoms with E-state index in [1.54, 1.807) is 0 Å². The smallest absolute Gasteiger partial charge is 0.249 e. The van der Waals surface area contributed by atoms with Gasteiger partial charge in [0.05, 0.1) is 0 Å². The Balaban J connectivity index is 2.28. The van der Waals surface area contributed by atoms with Crippen LogP contribution in [0.1, 0.15) is 72.1 Å². The Bertz CT molecular complexity index is 375. The molecule has 2 atom stereocenters. The fourth-order valence-electron chi connectivity index (χ4n) is 3.79. The van der Waals surface area contributed by atoms with E-state index in [9.17, 15) is 9.59 Å². The summed E-state index contributed by atoms with van der Waals surface area (Å²) < 4.78 is 0. The van der Waals surface area contributed by atoms with Crippen LogP contribution in [-0.2, 0) is 9.59 Å². The molecule has 1 spiro atoms. The second kappa shape index (κ2) is 6.15. The number of piperazine rings is 1. The molecule has 1 aliphatic heterocycles. The number of carbonyl (C=O) groups is 2. The van der Waals surface area contributed by atoms with Gasteiger partial charge < -0.3 is 10.2 Å². The van der Waals surface area contributed by atoms with Crippen LogP contribution in [0.25, 0.3) is 0 Å². The van der Waals surface area contributed by atoms with Crippen molar-refractivity contribution in [3.05, 3.63) is 0 Å². The summed E-state index contributed by atoms with van der Waals surface area (Å²) in [5.41, 5.74) is -0.594. The molecule has 1 aliphatic carbocycles. The molecule has 20 heavy (non-hydrogen) atoms. The number of carbonyl (C=O) groups excluding carboxylic acids is 2. The van der Waals surface area contributed by atoms with Crippen molar-refractivity contribution >= 4 is 11.8 Å². The maximum Gasteiger partial charge on any atom is 0.249 e. The van der Waals surface area contributed by atoms with E-state index in [0.29, 0.717) is 0 Å². The summed E-state index contributed by atoms with van der Waals surface area (Å²) in [6, 6.07) is -0.126. The summed E-state index contributed by atoms with van der Waals surface area (Å²) in [5, 5.41) is 3.05. The molecule has 0 aromatic rings. The lowest BCUT2D eigenvalue weighted by atomic mass is 9.78. The van der Waals surface area contributed by atoms with Gasteiger partial charge in [0.1, 0.15) is 11.6 Å². The lowest BCUT2D eigenvalue weighted by Gasteiger charge is -2.49. The normalized spacial score (nSPS) is 27.6. The van der Waals surface area contributed by atoms with Gasteiger partial charge in [-0.05, 0) is 32.6 Å². The lowest BCUT2D eigenvalue weighted by Crippen LogP contribution is -2.71. The third kappa shape index (κ3) is 2.57. The minimum absolute atomic E-state index is 0.0288. The number of rotatable bonds is 4. The third-order valence-electron chi connectivity index (χ3n) is 5.00. The highest BCUT2D eigenvalue weighted by atomic mass is 16.2. The van der Waals surface area contributed by atoms with Crippen molar-refractivity contribution in [2.24, 2.45) is 0 Å². The zero-order valence-electron chi connectivity index (χ0n) is 13.1. The quantitative estimate of drug-likeness (QED) is 0.860. The minimum atomic E-state index is -0.594. The van der Waals surface area contributed by atoms with Gasteiger partial charge in [-0.25, -0.2) is 0 Å². The molecule has 2 amide bonds. The SMILES string of the molecule is CCCC(CC)N1C(=O)C2(CCCCC2)NC(=O)C1C. The first-order valence-corrected chi connectivity index (χ1v) is 8.20. The van der Waals surface area contributed by atoms with Crippen LogP contribution in [-0.4, -0.2) is 34.3 Å². The van der Waals surface area contributed by atoms with E-state index in [0.717, 1.165) is 44.9 Å². The van der Waals surface area contributed by atoms with Crippen molar-refractivity contribution < 1.29 is 9.59 Å². The Morgan fingerprint density at radius 1 is 1.25 bits per heavy atom. The number of nitrogens with one attached hydrogen (secondary N) is 1. The van der Waals surface area contributed by atoms with Crippen LogP contribution in [0.2, 0.25) is 0 Å². The van der Waals surface area contributed by atoms with Crippen LogP contribution in [0.15, 0.2) is 0 Å². The molecule has 0 bridgehead atoms. The standard InChI is InChI=1S/C16H28N2O2/c1-4-9-13(5-2)18-12(3)14(19)17-16(15(18)20)10-7-6-8-11-16/h12-13H,4-11H2,1-3H3,(H,17,19). The minimum Gasteiger partial charge on any atom is -0.340 e. The van der Waals surface area contributed by atoms with Gasteiger partial charge in [-0.2, -0.15) is 0 Å². The second-order valence-electron chi connectivity index (χ2n) is 6.37. The summed E-state index contributed by atoms with van der Waals surface area (Å²) in [6.45, 7) is 6.11. The number of nitrogens with zero attached hydrogens (tertiary/aromatic N) is 1.